The molecule has 0 bridgehead atoms. The number of benzene rings is 1. The lowest BCUT2D eigenvalue weighted by molar-refractivity contribution is -0.142. The normalized spacial score (nSPS) is 16.9. The number of primary amides is 1. The highest BCUT2D eigenvalue weighted by molar-refractivity contribution is 8.14. The number of nitrogens with one attached hydrogen (secondary N) is 11. The third-order valence-corrected chi connectivity index (χ3v) is 18.3. The number of unbranched alkanes of at least 4 members (excludes halogenated alkanes) is 1. The second-order valence-corrected chi connectivity index (χ2v) is 26.9. The fraction of sp³-hybridized carbons (Fsp3) is 0.636. The first kappa shape index (κ1) is 86.1. The van der Waals surface area contributed by atoms with E-state index in [1.54, 1.807) is 71.9 Å². The molecule has 34 nitrogen and oxygen atoms in total. The lowest BCUT2D eigenvalue weighted by Gasteiger charge is -2.30. The van der Waals surface area contributed by atoms with Crippen LogP contribution in [-0.2, 0) is 80.0 Å². The number of carboxylic acids is 3. The van der Waals surface area contributed by atoms with Crippen molar-refractivity contribution in [2.75, 3.05) is 18.8 Å². The molecule has 35 heteroatoms. The highest BCUT2D eigenvalue weighted by atomic mass is 32.2. The zero-order valence-electron chi connectivity index (χ0n) is 58.7. The van der Waals surface area contributed by atoms with Crippen LogP contribution in [0, 0.1) is 23.7 Å². The average molecular weight is 1440 g/mol. The lowest BCUT2D eigenvalue weighted by atomic mass is 9.96. The molecule has 1 aliphatic rings. The summed E-state index contributed by atoms with van der Waals surface area (Å²) >= 11 is 1.34. The number of carbonyl (C=O) groups is 14. The smallest absolute Gasteiger partial charge is 0.326 e. The van der Waals surface area contributed by atoms with Gasteiger partial charge in [-0.2, -0.15) is 0 Å². The molecule has 11 amide bonds. The Hall–Kier alpha value is -9.09. The Kier molecular flexibility index (Phi) is 37.7. The molecule has 0 radical (unpaired) electrons. The largest absolute Gasteiger partial charge is 0.481 e. The molecule has 0 saturated heterocycles. The van der Waals surface area contributed by atoms with E-state index in [2.05, 4.69) is 68.1 Å². The van der Waals surface area contributed by atoms with Crippen LogP contribution in [0.1, 0.15) is 150 Å². The van der Waals surface area contributed by atoms with Gasteiger partial charge in [0.1, 0.15) is 60.4 Å². The number of aliphatic imine (C=N–C) groups is 1. The van der Waals surface area contributed by atoms with Crippen LogP contribution in [0.5, 0.6) is 0 Å². The molecular formula is C66H105N17O17S. The molecule has 0 saturated carbocycles. The van der Waals surface area contributed by atoms with Gasteiger partial charge >= 0.3 is 17.9 Å². The van der Waals surface area contributed by atoms with E-state index in [1.165, 1.54) is 24.3 Å². The number of thioether (sulfide) groups is 1. The highest BCUT2D eigenvalue weighted by Gasteiger charge is 2.39. The van der Waals surface area contributed by atoms with Crippen LogP contribution in [0.2, 0.25) is 0 Å². The number of carboxylic acid groups (broad SMARTS) is 3. The SMILES string of the molecule is CC[C@H](C)[C@H](N)C1=N[C@H](C(=O)N[C@@H](CC(C)C)C(=O)N[C@H](CCC(=O)O)C(=O)N[C@H](C(=O)N[C@@H](CCCCNC(=O)[C@H](CC(N)=O)NC(=O)[C@@H](CC(=O)O)NC(=O)[C@@H](N)Cc2cnc[nH]2)C(=O)N[C@H](CCCN)C(=O)N[C@H](C(=O)N[C@H](Cc2ccccc2)C(=O)O)[C@@H](C)CC)[C@@H](C)CC)CS1. The minimum absolute atomic E-state index is 0.00600. The number of hydrogen-bond acceptors (Lipinski definition) is 20. The van der Waals surface area contributed by atoms with E-state index >= 15 is 0 Å². The summed E-state index contributed by atoms with van der Waals surface area (Å²) in [5, 5.41) is 55.7. The number of carbonyl (C=O) groups excluding carboxylic acids is 11. The summed E-state index contributed by atoms with van der Waals surface area (Å²) in [6.45, 7) is 14.0. The van der Waals surface area contributed by atoms with Crippen LogP contribution in [0.4, 0.5) is 0 Å². The van der Waals surface area contributed by atoms with Crippen molar-refractivity contribution in [3.8, 4) is 0 Å². The van der Waals surface area contributed by atoms with E-state index in [0.717, 1.165) is 6.42 Å². The molecule has 15 atom stereocenters. The van der Waals surface area contributed by atoms with Crippen LogP contribution < -0.4 is 76.1 Å². The summed E-state index contributed by atoms with van der Waals surface area (Å²) in [6.07, 6.45) is 0.815. The minimum Gasteiger partial charge on any atom is -0.481 e. The maximum Gasteiger partial charge on any atom is 0.326 e. The zero-order valence-corrected chi connectivity index (χ0v) is 59.5. The van der Waals surface area contributed by atoms with E-state index in [9.17, 15) is 82.4 Å². The van der Waals surface area contributed by atoms with E-state index < -0.39 is 193 Å². The van der Waals surface area contributed by atoms with Gasteiger partial charge in [-0.3, -0.25) is 67.3 Å². The summed E-state index contributed by atoms with van der Waals surface area (Å²) in [7, 11) is 0. The van der Waals surface area contributed by atoms with Crippen molar-refractivity contribution < 1.29 is 82.4 Å². The third kappa shape index (κ3) is 30.3. The molecule has 0 aliphatic carbocycles. The van der Waals surface area contributed by atoms with Crippen LogP contribution >= 0.6 is 11.8 Å². The quantitative estimate of drug-likeness (QED) is 0.0326. The Labute approximate surface area is 591 Å². The van der Waals surface area contributed by atoms with E-state index in [0.29, 0.717) is 22.7 Å². The van der Waals surface area contributed by atoms with Crippen molar-refractivity contribution in [3.05, 3.63) is 54.1 Å². The maximum atomic E-state index is 14.8. The Balaban J connectivity index is 2.00. The van der Waals surface area contributed by atoms with Gasteiger partial charge in [0.25, 0.3) is 0 Å². The maximum absolute atomic E-state index is 14.8. The Morgan fingerprint density at radius 3 is 1.58 bits per heavy atom. The number of rotatable bonds is 48. The molecule has 2 heterocycles. The fourth-order valence-corrected chi connectivity index (χ4v) is 11.7. The fourth-order valence-electron chi connectivity index (χ4n) is 10.5. The first-order valence-electron chi connectivity index (χ1n) is 34.1. The molecule has 1 aliphatic heterocycles. The van der Waals surface area contributed by atoms with Gasteiger partial charge in [0, 0.05) is 43.5 Å². The molecule has 0 spiro atoms. The number of aromatic amines is 1. The van der Waals surface area contributed by atoms with E-state index in [-0.39, 0.29) is 88.5 Å². The number of nitrogens with zero attached hydrogens (tertiary/aromatic N) is 2. The van der Waals surface area contributed by atoms with Gasteiger partial charge in [0.2, 0.25) is 65.0 Å². The van der Waals surface area contributed by atoms with Crippen molar-refractivity contribution in [3.63, 3.8) is 0 Å². The molecule has 1 aromatic heterocycles. The van der Waals surface area contributed by atoms with Crippen molar-refractivity contribution in [2.45, 2.75) is 224 Å². The highest BCUT2D eigenvalue weighted by Crippen LogP contribution is 2.25. The van der Waals surface area contributed by atoms with Gasteiger partial charge in [-0.1, -0.05) is 105 Å². The lowest BCUT2D eigenvalue weighted by Crippen LogP contribution is -2.61. The molecular weight excluding hydrogens is 1330 g/mol. The Bertz CT molecular complexity index is 3140. The second-order valence-electron chi connectivity index (χ2n) is 25.8. The number of aliphatic carboxylic acids is 3. The monoisotopic (exact) mass is 1440 g/mol. The summed E-state index contributed by atoms with van der Waals surface area (Å²) in [6, 6.07) is -7.65. The zero-order chi connectivity index (χ0) is 75.6. The van der Waals surface area contributed by atoms with Crippen molar-refractivity contribution in [1.82, 2.24) is 63.1 Å². The predicted molar refractivity (Wildman–Crippen MR) is 373 cm³/mol. The predicted octanol–water partition coefficient (Wildman–Crippen LogP) is -1.76. The second kappa shape index (κ2) is 44.2. The Morgan fingerprint density at radius 2 is 1.07 bits per heavy atom. The van der Waals surface area contributed by atoms with Gasteiger partial charge in [-0.15, -0.1) is 11.8 Å². The molecule has 562 valence electrons. The first-order chi connectivity index (χ1) is 47.7. The van der Waals surface area contributed by atoms with Crippen molar-refractivity contribution >= 4 is 99.7 Å². The van der Waals surface area contributed by atoms with Crippen LogP contribution in [0.25, 0.3) is 0 Å². The van der Waals surface area contributed by atoms with Crippen molar-refractivity contribution in [2.24, 2.45) is 51.6 Å². The van der Waals surface area contributed by atoms with Gasteiger partial charge in [0.05, 0.1) is 36.3 Å². The molecule has 101 heavy (non-hydrogen) atoms. The number of amides is 11. The summed E-state index contributed by atoms with van der Waals surface area (Å²) in [5.74, 6) is -15.6. The van der Waals surface area contributed by atoms with Gasteiger partial charge in [-0.05, 0) is 80.7 Å². The van der Waals surface area contributed by atoms with E-state index in [4.69, 9.17) is 22.9 Å². The summed E-state index contributed by atoms with van der Waals surface area (Å²) in [5.41, 5.74) is 24.8. The molecule has 2 aromatic rings. The molecule has 22 N–H and O–H groups in total. The Morgan fingerprint density at radius 1 is 0.564 bits per heavy atom. The van der Waals surface area contributed by atoms with Gasteiger partial charge in [0.15, 0.2) is 0 Å². The standard InChI is InChI=1S/C66H105N17O17S/c1-9-35(6)52(70)65-81-48(32-101-65)62(96)78-44(26-34(4)5)60(94)75-43(22-23-50(85)86)59(93)83-53(36(7)10-2)63(97)76-41(57(91)74-42(21-17-24-67)58(92)82-54(37(8)11-3)64(98)80-47(66(99)100)27-38-18-13-12-14-19-38)20-15-16-25-72-56(90)45(29-49(69)84)79-61(95)46(30-51(87)88)77-55(89)40(68)28-39-31-71-33-73-39/h12-14,18-19,31,33-37,40-48,52-54H,9-11,15-17,20-30,32,67-68,70H2,1-8H3,(H2,69,84)(H,71,73)(H,72,90)(H,74,91)(H,75,94)(H,76,97)(H,77,89)(H,78,96)(H,79,95)(H,80,98)(H,82,92)(H,83,93)(H,85,86)(H,87,88)(H,99,100)/t35-,36-,37-,40-,41-,42+,43+,44-,45-,46+,47+,48-,52-,53-,54-/m0/s1. The minimum atomic E-state index is -1.79. The van der Waals surface area contributed by atoms with Gasteiger partial charge in [-0.25, -0.2) is 9.78 Å². The third-order valence-electron chi connectivity index (χ3n) is 17.2. The average Bonchev–Trinajstić information content (AvgIpc) is 1.82. The van der Waals surface area contributed by atoms with Crippen LogP contribution in [0.15, 0.2) is 47.8 Å². The molecule has 0 fully saturated rings. The number of H-pyrrole nitrogens is 1. The molecule has 3 rings (SSSR count). The topological polar surface area (TPSA) is 565 Å². The summed E-state index contributed by atoms with van der Waals surface area (Å²) in [4.78, 5) is 201. The number of aromatic nitrogens is 2. The molecule has 1 aromatic carbocycles. The number of nitrogens with two attached hydrogens (primary N) is 4. The van der Waals surface area contributed by atoms with Crippen LogP contribution in [0.3, 0.4) is 0 Å². The summed E-state index contributed by atoms with van der Waals surface area (Å²) < 4.78 is 0. The van der Waals surface area contributed by atoms with Crippen LogP contribution in [-0.4, -0.2) is 205 Å². The first-order valence-corrected chi connectivity index (χ1v) is 35.1. The van der Waals surface area contributed by atoms with E-state index in [1.807, 2.05) is 13.8 Å². The molecule has 0 unspecified atom stereocenters. The van der Waals surface area contributed by atoms with Crippen molar-refractivity contribution in [1.29, 1.82) is 0 Å². The number of imidazole rings is 1. The van der Waals surface area contributed by atoms with Gasteiger partial charge < -0.3 is 96.4 Å². The number of hydrogen-bond donors (Lipinski definition) is 18.